The van der Waals surface area contributed by atoms with Crippen LogP contribution in [0.25, 0.3) is 0 Å². The molecule has 1 fully saturated rings. The van der Waals surface area contributed by atoms with Gasteiger partial charge in [-0.25, -0.2) is 5.09 Å². The van der Waals surface area contributed by atoms with E-state index in [1.54, 1.807) is 13.8 Å². The number of ether oxygens (including phenoxy) is 3. The Bertz CT molecular complexity index is 368. The van der Waals surface area contributed by atoms with Crippen LogP contribution < -0.4 is 5.09 Å². The second-order valence-electron chi connectivity index (χ2n) is 5.81. The highest BCUT2D eigenvalue weighted by Crippen LogP contribution is 2.43. The SMILES string of the molecule is [B][C@@H]1O[C@H](COC(C)C)C(NP(=O)(O)C(C)C)[C@@H]1OCC. The summed E-state index contributed by atoms with van der Waals surface area (Å²) in [5.74, 6) is 0. The van der Waals surface area contributed by atoms with E-state index in [1.165, 1.54) is 0 Å². The molecule has 0 bridgehead atoms. The van der Waals surface area contributed by atoms with E-state index in [2.05, 4.69) is 5.09 Å². The molecule has 1 saturated heterocycles. The highest BCUT2D eigenvalue weighted by molar-refractivity contribution is 7.56. The molecule has 122 valence electrons. The van der Waals surface area contributed by atoms with Gasteiger partial charge < -0.3 is 19.1 Å². The topological polar surface area (TPSA) is 77.0 Å². The van der Waals surface area contributed by atoms with Crippen LogP contribution in [-0.2, 0) is 18.8 Å². The largest absolute Gasteiger partial charge is 0.378 e. The van der Waals surface area contributed by atoms with Crippen molar-refractivity contribution in [2.75, 3.05) is 13.2 Å². The first-order valence-electron chi connectivity index (χ1n) is 7.43. The zero-order valence-corrected chi connectivity index (χ0v) is 14.4. The molecule has 2 radical (unpaired) electrons. The van der Waals surface area contributed by atoms with Crippen molar-refractivity contribution in [3.8, 4) is 0 Å². The lowest BCUT2D eigenvalue weighted by Crippen LogP contribution is -2.47. The number of hydrogen-bond acceptors (Lipinski definition) is 4. The van der Waals surface area contributed by atoms with E-state index in [0.29, 0.717) is 13.2 Å². The molecule has 1 rings (SSSR count). The fourth-order valence-corrected chi connectivity index (χ4v) is 3.16. The molecule has 0 aromatic rings. The van der Waals surface area contributed by atoms with Gasteiger partial charge in [-0.2, -0.15) is 0 Å². The molecule has 0 aromatic heterocycles. The van der Waals surface area contributed by atoms with Crippen molar-refractivity contribution < 1.29 is 23.7 Å². The zero-order valence-electron chi connectivity index (χ0n) is 13.5. The average Bonchev–Trinajstić information content (AvgIpc) is 2.64. The molecule has 21 heavy (non-hydrogen) atoms. The summed E-state index contributed by atoms with van der Waals surface area (Å²) in [7, 11) is 2.43. The van der Waals surface area contributed by atoms with Crippen LogP contribution >= 0.6 is 7.52 Å². The number of rotatable bonds is 8. The Hall–Kier alpha value is 0.0949. The van der Waals surface area contributed by atoms with Gasteiger partial charge in [0.05, 0.1) is 31.0 Å². The van der Waals surface area contributed by atoms with Crippen LogP contribution in [0, 0.1) is 0 Å². The molecule has 6 nitrogen and oxygen atoms in total. The summed E-state index contributed by atoms with van der Waals surface area (Å²) in [5, 5.41) is 2.79. The Balaban J connectivity index is 2.84. The van der Waals surface area contributed by atoms with E-state index < -0.39 is 37.4 Å². The molecule has 0 saturated carbocycles. The van der Waals surface area contributed by atoms with E-state index in [1.807, 2.05) is 20.8 Å². The lowest BCUT2D eigenvalue weighted by atomic mass is 9.92. The predicted octanol–water partition coefficient (Wildman–Crippen LogP) is 1.26. The third kappa shape index (κ3) is 5.34. The first kappa shape index (κ1) is 19.1. The summed E-state index contributed by atoms with van der Waals surface area (Å²) in [6, 6.07) is -1.12. The summed E-state index contributed by atoms with van der Waals surface area (Å²) in [6.07, 6.45) is -0.851. The molecule has 2 unspecified atom stereocenters. The highest BCUT2D eigenvalue weighted by Gasteiger charge is 2.45. The summed E-state index contributed by atoms with van der Waals surface area (Å²) < 4.78 is 29.1. The first-order chi connectivity index (χ1) is 9.69. The van der Waals surface area contributed by atoms with E-state index in [-0.39, 0.29) is 6.10 Å². The average molecular weight is 319 g/mol. The van der Waals surface area contributed by atoms with Crippen molar-refractivity contribution in [1.29, 1.82) is 0 Å². The fraction of sp³-hybridized carbons (Fsp3) is 1.00. The maximum absolute atomic E-state index is 12.3. The van der Waals surface area contributed by atoms with Crippen molar-refractivity contribution >= 4 is 15.4 Å². The van der Waals surface area contributed by atoms with Crippen molar-refractivity contribution in [3.05, 3.63) is 0 Å². The fourth-order valence-electron chi connectivity index (χ4n) is 2.12. The Kier molecular flexibility index (Phi) is 7.37. The van der Waals surface area contributed by atoms with Crippen LogP contribution in [0.5, 0.6) is 0 Å². The van der Waals surface area contributed by atoms with Gasteiger partial charge in [0.1, 0.15) is 7.85 Å². The third-order valence-electron chi connectivity index (χ3n) is 3.40. The molecule has 0 aliphatic carbocycles. The second-order valence-corrected chi connectivity index (χ2v) is 8.35. The molecule has 0 spiro atoms. The molecular weight excluding hydrogens is 292 g/mol. The molecule has 5 atom stereocenters. The molecule has 8 heteroatoms. The lowest BCUT2D eigenvalue weighted by Gasteiger charge is -2.29. The van der Waals surface area contributed by atoms with Crippen LogP contribution in [0.4, 0.5) is 0 Å². The number of hydrogen-bond donors (Lipinski definition) is 2. The normalized spacial score (nSPS) is 32.8. The Labute approximate surface area is 128 Å². The van der Waals surface area contributed by atoms with Crippen molar-refractivity contribution in [1.82, 2.24) is 5.09 Å². The van der Waals surface area contributed by atoms with Crippen LogP contribution in [0.3, 0.4) is 0 Å². The molecule has 0 amide bonds. The summed E-state index contributed by atoms with van der Waals surface area (Å²) in [6.45, 7) is 9.82. The van der Waals surface area contributed by atoms with Gasteiger partial charge in [0, 0.05) is 18.3 Å². The highest BCUT2D eigenvalue weighted by atomic mass is 31.2. The summed E-state index contributed by atoms with van der Waals surface area (Å²) in [4.78, 5) is 10.1. The van der Waals surface area contributed by atoms with Gasteiger partial charge in [-0.3, -0.25) is 4.57 Å². The molecular formula is C13H27BNO5P. The van der Waals surface area contributed by atoms with Crippen LogP contribution in [0.1, 0.15) is 34.6 Å². The summed E-state index contributed by atoms with van der Waals surface area (Å²) in [5.41, 5.74) is -0.400. The van der Waals surface area contributed by atoms with Gasteiger partial charge in [0.15, 0.2) is 0 Å². The van der Waals surface area contributed by atoms with Crippen molar-refractivity contribution in [2.24, 2.45) is 0 Å². The van der Waals surface area contributed by atoms with Gasteiger partial charge in [-0.15, -0.1) is 0 Å². The van der Waals surface area contributed by atoms with Crippen molar-refractivity contribution in [2.45, 2.75) is 70.6 Å². The Morgan fingerprint density at radius 3 is 2.48 bits per heavy atom. The molecule has 1 heterocycles. The van der Waals surface area contributed by atoms with Gasteiger partial charge in [-0.05, 0) is 20.8 Å². The Morgan fingerprint density at radius 2 is 2.00 bits per heavy atom. The third-order valence-corrected chi connectivity index (χ3v) is 5.47. The zero-order chi connectivity index (χ0) is 16.2. The van der Waals surface area contributed by atoms with Crippen LogP contribution in [-0.4, -0.2) is 62.0 Å². The number of nitrogens with one attached hydrogen (secondary N) is 1. The van der Waals surface area contributed by atoms with E-state index in [4.69, 9.17) is 22.1 Å². The smallest absolute Gasteiger partial charge is 0.270 e. The van der Waals surface area contributed by atoms with Crippen LogP contribution in [0.15, 0.2) is 0 Å². The van der Waals surface area contributed by atoms with Crippen molar-refractivity contribution in [3.63, 3.8) is 0 Å². The van der Waals surface area contributed by atoms with Gasteiger partial charge in [-0.1, -0.05) is 13.8 Å². The standard InChI is InChI=1S/C13H27BNO5P/c1-6-18-12-11(15-21(16,17)9(4)5)10(20-13(12)14)7-19-8(2)3/h8-13H,6-7H2,1-5H3,(H2,15,16,17)/t10-,11?,12+,13-/m1/s1. The molecule has 2 N–H and O–H groups in total. The first-order valence-corrected chi connectivity index (χ1v) is 9.16. The molecule has 1 aliphatic heterocycles. The minimum Gasteiger partial charge on any atom is -0.378 e. The van der Waals surface area contributed by atoms with Gasteiger partial charge >= 0.3 is 0 Å². The summed E-state index contributed by atoms with van der Waals surface area (Å²) >= 11 is 0. The van der Waals surface area contributed by atoms with Gasteiger partial charge in [0.25, 0.3) is 7.52 Å². The van der Waals surface area contributed by atoms with E-state index >= 15 is 0 Å². The quantitative estimate of drug-likeness (QED) is 0.518. The lowest BCUT2D eigenvalue weighted by molar-refractivity contribution is -0.0242. The van der Waals surface area contributed by atoms with E-state index in [9.17, 15) is 9.46 Å². The van der Waals surface area contributed by atoms with E-state index in [0.717, 1.165) is 0 Å². The maximum Gasteiger partial charge on any atom is 0.270 e. The minimum absolute atomic E-state index is 0.0441. The minimum atomic E-state index is -3.51. The van der Waals surface area contributed by atoms with Gasteiger partial charge in [0.2, 0.25) is 0 Å². The predicted molar refractivity (Wildman–Crippen MR) is 82.8 cm³/mol. The molecule has 0 aromatic carbocycles. The van der Waals surface area contributed by atoms with Crippen LogP contribution in [0.2, 0.25) is 0 Å². The maximum atomic E-state index is 12.3. The monoisotopic (exact) mass is 319 g/mol. The Morgan fingerprint density at radius 1 is 1.38 bits per heavy atom. The molecule has 1 aliphatic rings. The second kappa shape index (κ2) is 8.09.